The number of likely N-dealkylation sites (N-methyl/N-ethyl adjacent to an activating group) is 1. The van der Waals surface area contributed by atoms with Crippen molar-refractivity contribution in [1.82, 2.24) is 15.1 Å². The first-order valence-electron chi connectivity index (χ1n) is 9.64. The van der Waals surface area contributed by atoms with Crippen molar-refractivity contribution in [2.75, 3.05) is 53.0 Å². The normalized spacial score (nSPS) is 23.1. The highest BCUT2D eigenvalue weighted by molar-refractivity contribution is 5.94. The first-order chi connectivity index (χ1) is 12.6. The van der Waals surface area contributed by atoms with Crippen LogP contribution in [-0.4, -0.2) is 79.9 Å². The van der Waals surface area contributed by atoms with E-state index in [0.717, 1.165) is 52.2 Å². The Morgan fingerprint density at radius 2 is 1.96 bits per heavy atom. The van der Waals surface area contributed by atoms with Gasteiger partial charge in [-0.1, -0.05) is 12.1 Å². The molecule has 6 heteroatoms. The first-order valence-corrected chi connectivity index (χ1v) is 9.64. The van der Waals surface area contributed by atoms with E-state index in [1.807, 2.05) is 24.3 Å². The van der Waals surface area contributed by atoms with Gasteiger partial charge in [0.05, 0.1) is 12.7 Å². The number of carbonyl (C=O) groups excluding carboxylic acids is 1. The lowest BCUT2D eigenvalue weighted by molar-refractivity contribution is -0.0175. The van der Waals surface area contributed by atoms with Crippen molar-refractivity contribution in [2.24, 2.45) is 5.92 Å². The van der Waals surface area contributed by atoms with Gasteiger partial charge in [-0.2, -0.15) is 0 Å². The number of hydrogen-bond acceptors (Lipinski definition) is 5. The van der Waals surface area contributed by atoms with E-state index in [2.05, 4.69) is 22.2 Å². The number of ether oxygens (including phenoxy) is 1. The van der Waals surface area contributed by atoms with E-state index in [1.165, 1.54) is 5.56 Å². The van der Waals surface area contributed by atoms with Gasteiger partial charge in [0, 0.05) is 38.3 Å². The average Bonchev–Trinajstić information content (AvgIpc) is 2.67. The van der Waals surface area contributed by atoms with Crippen LogP contribution in [0.15, 0.2) is 24.3 Å². The molecule has 1 atom stereocenters. The number of amides is 1. The molecule has 2 saturated heterocycles. The zero-order valence-electron chi connectivity index (χ0n) is 15.7. The minimum absolute atomic E-state index is 0.0443. The molecule has 2 heterocycles. The smallest absolute Gasteiger partial charge is 0.251 e. The molecule has 26 heavy (non-hydrogen) atoms. The molecule has 1 amide bonds. The van der Waals surface area contributed by atoms with Crippen molar-refractivity contribution in [3.63, 3.8) is 0 Å². The average molecular weight is 361 g/mol. The summed E-state index contributed by atoms with van der Waals surface area (Å²) in [5, 5.41) is 12.2. The van der Waals surface area contributed by atoms with Gasteiger partial charge in [0.15, 0.2) is 0 Å². The maximum Gasteiger partial charge on any atom is 0.251 e. The number of benzene rings is 1. The number of piperidine rings is 1. The molecule has 0 bridgehead atoms. The summed E-state index contributed by atoms with van der Waals surface area (Å²) in [6.07, 6.45) is 2.20. The summed E-state index contributed by atoms with van der Waals surface area (Å²) in [5.41, 5.74) is 1.91. The number of morpholine rings is 1. The van der Waals surface area contributed by atoms with Crippen molar-refractivity contribution < 1.29 is 14.6 Å². The molecule has 2 aliphatic rings. The summed E-state index contributed by atoms with van der Waals surface area (Å²) in [4.78, 5) is 17.0. The quantitative estimate of drug-likeness (QED) is 0.790. The van der Waals surface area contributed by atoms with E-state index in [1.54, 1.807) is 0 Å². The summed E-state index contributed by atoms with van der Waals surface area (Å²) < 4.78 is 5.68. The summed E-state index contributed by atoms with van der Waals surface area (Å²) in [6, 6.07) is 7.88. The fourth-order valence-electron chi connectivity index (χ4n) is 3.65. The summed E-state index contributed by atoms with van der Waals surface area (Å²) in [5.74, 6) is 0.419. The molecule has 0 aromatic heterocycles. The molecule has 144 valence electrons. The van der Waals surface area contributed by atoms with E-state index in [4.69, 9.17) is 4.74 Å². The molecule has 0 aliphatic carbocycles. The van der Waals surface area contributed by atoms with Gasteiger partial charge in [0.2, 0.25) is 0 Å². The fraction of sp³-hybridized carbons (Fsp3) is 0.650. The van der Waals surface area contributed by atoms with Crippen molar-refractivity contribution in [3.05, 3.63) is 35.4 Å². The third kappa shape index (κ3) is 5.51. The number of rotatable bonds is 6. The number of hydrogen-bond donors (Lipinski definition) is 2. The van der Waals surface area contributed by atoms with E-state index < -0.39 is 0 Å². The molecular weight excluding hydrogens is 330 g/mol. The van der Waals surface area contributed by atoms with Gasteiger partial charge < -0.3 is 20.1 Å². The van der Waals surface area contributed by atoms with Crippen LogP contribution in [0.25, 0.3) is 0 Å². The van der Waals surface area contributed by atoms with Crippen molar-refractivity contribution in [2.45, 2.75) is 25.5 Å². The van der Waals surface area contributed by atoms with Crippen molar-refractivity contribution >= 4 is 5.91 Å². The molecular formula is C20H31N3O3. The molecule has 0 saturated carbocycles. The monoisotopic (exact) mass is 361 g/mol. The van der Waals surface area contributed by atoms with Crippen LogP contribution < -0.4 is 5.32 Å². The van der Waals surface area contributed by atoms with Crippen LogP contribution in [0.1, 0.15) is 28.8 Å². The summed E-state index contributed by atoms with van der Waals surface area (Å²) in [7, 11) is 2.07. The third-order valence-electron chi connectivity index (χ3n) is 5.42. The van der Waals surface area contributed by atoms with Crippen molar-refractivity contribution in [1.29, 1.82) is 0 Å². The maximum atomic E-state index is 12.3. The minimum Gasteiger partial charge on any atom is -0.396 e. The van der Waals surface area contributed by atoms with Gasteiger partial charge >= 0.3 is 0 Å². The molecule has 0 spiro atoms. The second kappa shape index (κ2) is 9.46. The lowest BCUT2D eigenvalue weighted by Gasteiger charge is -2.31. The van der Waals surface area contributed by atoms with Crippen LogP contribution in [0.3, 0.4) is 0 Å². The standard InChI is InChI=1S/C20H31N3O3/c1-22-10-11-26-19(14-22)12-21-20(25)18-4-2-16(3-5-18)13-23-8-6-17(15-24)7-9-23/h2-5,17,19,24H,6-15H2,1H3,(H,21,25). The molecule has 3 rings (SSSR count). The van der Waals surface area contributed by atoms with Crippen molar-refractivity contribution in [3.8, 4) is 0 Å². The van der Waals surface area contributed by atoms with Gasteiger partial charge in [0.1, 0.15) is 0 Å². The molecule has 1 aromatic rings. The van der Waals surface area contributed by atoms with Gasteiger partial charge in [0.25, 0.3) is 5.91 Å². The lowest BCUT2D eigenvalue weighted by atomic mass is 9.97. The number of likely N-dealkylation sites (tertiary alicyclic amines) is 1. The van der Waals surface area contributed by atoms with Crippen LogP contribution in [0.2, 0.25) is 0 Å². The van der Waals surface area contributed by atoms with E-state index >= 15 is 0 Å². The lowest BCUT2D eigenvalue weighted by Crippen LogP contribution is -2.45. The Labute approximate surface area is 156 Å². The van der Waals surface area contributed by atoms with E-state index in [9.17, 15) is 9.90 Å². The predicted molar refractivity (Wildman–Crippen MR) is 101 cm³/mol. The van der Waals surface area contributed by atoms with E-state index in [0.29, 0.717) is 24.6 Å². The molecule has 1 unspecified atom stereocenters. The highest BCUT2D eigenvalue weighted by Gasteiger charge is 2.20. The molecule has 6 nitrogen and oxygen atoms in total. The van der Waals surface area contributed by atoms with E-state index in [-0.39, 0.29) is 12.0 Å². The van der Waals surface area contributed by atoms with Crippen LogP contribution in [-0.2, 0) is 11.3 Å². The SMILES string of the molecule is CN1CCOC(CNC(=O)c2ccc(CN3CCC(CO)CC3)cc2)C1. The molecule has 1 aromatic carbocycles. The molecule has 2 N–H and O–H groups in total. The predicted octanol–water partition coefficient (Wildman–Crippen LogP) is 0.951. The van der Waals surface area contributed by atoms with Gasteiger partial charge in [-0.05, 0) is 56.6 Å². The zero-order chi connectivity index (χ0) is 18.4. The Kier molecular flexibility index (Phi) is 7.02. The fourth-order valence-corrected chi connectivity index (χ4v) is 3.65. The topological polar surface area (TPSA) is 65.0 Å². The van der Waals surface area contributed by atoms with Crippen LogP contribution in [0.4, 0.5) is 0 Å². The second-order valence-corrected chi connectivity index (χ2v) is 7.56. The second-order valence-electron chi connectivity index (χ2n) is 7.56. The highest BCUT2D eigenvalue weighted by Crippen LogP contribution is 2.18. The van der Waals surface area contributed by atoms with Gasteiger partial charge in [-0.15, -0.1) is 0 Å². The van der Waals surface area contributed by atoms with Crippen LogP contribution in [0, 0.1) is 5.92 Å². The summed E-state index contributed by atoms with van der Waals surface area (Å²) >= 11 is 0. The Hall–Kier alpha value is -1.47. The number of nitrogens with zero attached hydrogens (tertiary/aromatic N) is 2. The largest absolute Gasteiger partial charge is 0.396 e. The Morgan fingerprint density at radius 1 is 1.23 bits per heavy atom. The Balaban J connectivity index is 1.44. The summed E-state index contributed by atoms with van der Waals surface area (Å²) in [6.45, 7) is 6.34. The molecule has 2 aliphatic heterocycles. The zero-order valence-corrected chi connectivity index (χ0v) is 15.7. The van der Waals surface area contributed by atoms with Gasteiger partial charge in [-0.3, -0.25) is 9.69 Å². The third-order valence-corrected chi connectivity index (χ3v) is 5.42. The minimum atomic E-state index is -0.0443. The highest BCUT2D eigenvalue weighted by atomic mass is 16.5. The van der Waals surface area contributed by atoms with Crippen LogP contribution >= 0.6 is 0 Å². The number of nitrogens with one attached hydrogen (secondary N) is 1. The first kappa shape index (κ1) is 19.3. The number of aliphatic hydroxyl groups is 1. The van der Waals surface area contributed by atoms with Crippen LogP contribution in [0.5, 0.6) is 0 Å². The van der Waals surface area contributed by atoms with Gasteiger partial charge in [-0.25, -0.2) is 0 Å². The maximum absolute atomic E-state index is 12.3. The Bertz CT molecular complexity index is 570. The Morgan fingerprint density at radius 3 is 2.62 bits per heavy atom. The molecule has 0 radical (unpaired) electrons. The number of aliphatic hydroxyl groups excluding tert-OH is 1. The molecule has 2 fully saturated rings. The number of carbonyl (C=O) groups is 1.